The van der Waals surface area contributed by atoms with E-state index in [1.807, 2.05) is 19.1 Å². The SMILES string of the molecule is CCC(NC(=O)NCC(C)(O)CCC(C)C)c1ccncc1. The van der Waals surface area contributed by atoms with Crippen LogP contribution in [-0.4, -0.2) is 28.3 Å². The van der Waals surface area contributed by atoms with Crippen molar-refractivity contribution in [2.24, 2.45) is 5.92 Å². The molecule has 22 heavy (non-hydrogen) atoms. The van der Waals surface area contributed by atoms with Gasteiger partial charge in [-0.25, -0.2) is 4.79 Å². The molecule has 2 amide bonds. The molecule has 0 aliphatic heterocycles. The van der Waals surface area contributed by atoms with Gasteiger partial charge in [0.1, 0.15) is 0 Å². The first kappa shape index (κ1) is 18.4. The quantitative estimate of drug-likeness (QED) is 0.691. The van der Waals surface area contributed by atoms with Crippen LogP contribution in [0.15, 0.2) is 24.5 Å². The number of hydrogen-bond acceptors (Lipinski definition) is 3. The monoisotopic (exact) mass is 307 g/mol. The molecule has 0 aliphatic rings. The second kappa shape index (κ2) is 8.73. The maximum Gasteiger partial charge on any atom is 0.315 e. The van der Waals surface area contributed by atoms with E-state index in [0.717, 1.165) is 18.4 Å². The van der Waals surface area contributed by atoms with E-state index in [0.29, 0.717) is 12.3 Å². The summed E-state index contributed by atoms with van der Waals surface area (Å²) in [5.74, 6) is 0.538. The maximum atomic E-state index is 12.0. The van der Waals surface area contributed by atoms with Crippen LogP contribution in [0.5, 0.6) is 0 Å². The highest BCUT2D eigenvalue weighted by atomic mass is 16.3. The van der Waals surface area contributed by atoms with Crippen molar-refractivity contribution < 1.29 is 9.90 Å². The van der Waals surface area contributed by atoms with Crippen molar-refractivity contribution in [3.05, 3.63) is 30.1 Å². The zero-order chi connectivity index (χ0) is 16.6. The van der Waals surface area contributed by atoms with Gasteiger partial charge in [0.05, 0.1) is 11.6 Å². The summed E-state index contributed by atoms with van der Waals surface area (Å²) in [4.78, 5) is 16.0. The minimum Gasteiger partial charge on any atom is -0.388 e. The number of aromatic nitrogens is 1. The molecule has 3 N–H and O–H groups in total. The van der Waals surface area contributed by atoms with E-state index < -0.39 is 5.60 Å². The first-order valence-electron chi connectivity index (χ1n) is 8.00. The fraction of sp³-hybridized carbons (Fsp3) is 0.647. The van der Waals surface area contributed by atoms with Crippen molar-refractivity contribution in [3.8, 4) is 0 Å². The lowest BCUT2D eigenvalue weighted by Gasteiger charge is -2.25. The third kappa shape index (κ3) is 6.89. The first-order valence-corrected chi connectivity index (χ1v) is 8.00. The molecule has 0 aromatic carbocycles. The summed E-state index contributed by atoms with van der Waals surface area (Å²) in [5, 5.41) is 16.0. The van der Waals surface area contributed by atoms with E-state index in [9.17, 15) is 9.90 Å². The Morgan fingerprint density at radius 3 is 2.55 bits per heavy atom. The molecule has 5 heteroatoms. The van der Waals surface area contributed by atoms with Crippen LogP contribution in [0.2, 0.25) is 0 Å². The minimum atomic E-state index is -0.875. The Hall–Kier alpha value is -1.62. The predicted molar refractivity (Wildman–Crippen MR) is 88.5 cm³/mol. The molecule has 1 aromatic heterocycles. The largest absolute Gasteiger partial charge is 0.388 e. The van der Waals surface area contributed by atoms with Gasteiger partial charge in [-0.05, 0) is 49.8 Å². The highest BCUT2D eigenvalue weighted by Gasteiger charge is 2.22. The molecule has 0 saturated heterocycles. The molecule has 0 saturated carbocycles. The summed E-state index contributed by atoms with van der Waals surface area (Å²) in [6.07, 6.45) is 5.83. The summed E-state index contributed by atoms with van der Waals surface area (Å²) in [7, 11) is 0. The number of nitrogens with one attached hydrogen (secondary N) is 2. The predicted octanol–water partition coefficient (Wildman–Crippen LogP) is 3.02. The number of carbonyl (C=O) groups is 1. The molecule has 1 heterocycles. The normalized spacial score (nSPS) is 15.2. The van der Waals surface area contributed by atoms with Gasteiger partial charge >= 0.3 is 6.03 Å². The van der Waals surface area contributed by atoms with Crippen LogP contribution >= 0.6 is 0 Å². The average molecular weight is 307 g/mol. The second-order valence-electron chi connectivity index (χ2n) is 6.50. The topological polar surface area (TPSA) is 74.2 Å². The number of rotatable bonds is 8. The Morgan fingerprint density at radius 1 is 1.36 bits per heavy atom. The van der Waals surface area contributed by atoms with E-state index in [4.69, 9.17) is 0 Å². The molecule has 0 aliphatic carbocycles. The van der Waals surface area contributed by atoms with Crippen LogP contribution in [0.1, 0.15) is 58.6 Å². The van der Waals surface area contributed by atoms with Gasteiger partial charge in [-0.1, -0.05) is 20.8 Å². The molecule has 1 aromatic rings. The van der Waals surface area contributed by atoms with Crippen molar-refractivity contribution in [2.75, 3.05) is 6.54 Å². The van der Waals surface area contributed by atoms with Gasteiger partial charge in [0.15, 0.2) is 0 Å². The van der Waals surface area contributed by atoms with Gasteiger partial charge in [-0.2, -0.15) is 0 Å². The first-order chi connectivity index (χ1) is 10.3. The lowest BCUT2D eigenvalue weighted by Crippen LogP contribution is -2.45. The maximum absolute atomic E-state index is 12.0. The van der Waals surface area contributed by atoms with Gasteiger partial charge < -0.3 is 15.7 Å². The summed E-state index contributed by atoms with van der Waals surface area (Å²) < 4.78 is 0. The number of urea groups is 1. The summed E-state index contributed by atoms with van der Waals surface area (Å²) >= 11 is 0. The van der Waals surface area contributed by atoms with Gasteiger partial charge in [-0.15, -0.1) is 0 Å². The molecule has 0 radical (unpaired) electrons. The Morgan fingerprint density at radius 2 is 2.00 bits per heavy atom. The number of carbonyl (C=O) groups excluding carboxylic acids is 1. The number of amides is 2. The third-order valence-corrected chi connectivity index (χ3v) is 3.71. The van der Waals surface area contributed by atoms with Crippen molar-refractivity contribution in [1.29, 1.82) is 0 Å². The van der Waals surface area contributed by atoms with E-state index in [-0.39, 0.29) is 18.6 Å². The highest BCUT2D eigenvalue weighted by Crippen LogP contribution is 2.16. The van der Waals surface area contributed by atoms with Gasteiger partial charge in [0, 0.05) is 18.9 Å². The molecule has 2 atom stereocenters. The van der Waals surface area contributed by atoms with Crippen molar-refractivity contribution in [3.63, 3.8) is 0 Å². The van der Waals surface area contributed by atoms with E-state index in [2.05, 4.69) is 29.5 Å². The molecule has 1 rings (SSSR count). The Bertz CT molecular complexity index is 446. The van der Waals surface area contributed by atoms with E-state index >= 15 is 0 Å². The summed E-state index contributed by atoms with van der Waals surface area (Å²) in [5.41, 5.74) is 0.152. The molecule has 0 spiro atoms. The fourth-order valence-electron chi connectivity index (χ4n) is 2.18. The Kier molecular flexibility index (Phi) is 7.32. The molecule has 2 unspecified atom stereocenters. The lowest BCUT2D eigenvalue weighted by atomic mass is 9.95. The number of pyridine rings is 1. The summed E-state index contributed by atoms with van der Waals surface area (Å²) in [6.45, 7) is 8.27. The smallest absolute Gasteiger partial charge is 0.315 e. The van der Waals surface area contributed by atoms with Crippen LogP contribution in [0, 0.1) is 5.92 Å². The molecule has 5 nitrogen and oxygen atoms in total. The number of nitrogens with zero attached hydrogens (tertiary/aromatic N) is 1. The number of hydrogen-bond donors (Lipinski definition) is 3. The number of aliphatic hydroxyl groups is 1. The highest BCUT2D eigenvalue weighted by molar-refractivity contribution is 5.74. The zero-order valence-electron chi connectivity index (χ0n) is 14.1. The summed E-state index contributed by atoms with van der Waals surface area (Å²) in [6, 6.07) is 3.48. The van der Waals surface area contributed by atoms with E-state index in [1.54, 1.807) is 19.3 Å². The third-order valence-electron chi connectivity index (χ3n) is 3.71. The van der Waals surface area contributed by atoms with Crippen LogP contribution in [0.25, 0.3) is 0 Å². The molecular formula is C17H29N3O2. The molecule has 0 fully saturated rings. The Labute approximate surface area is 133 Å². The standard InChI is InChI=1S/C17H29N3O2/c1-5-15(14-7-10-18-11-8-14)20-16(21)19-12-17(4,22)9-6-13(2)3/h7-8,10-11,13,15,22H,5-6,9,12H2,1-4H3,(H2,19,20,21). The van der Waals surface area contributed by atoms with Crippen LogP contribution in [-0.2, 0) is 0 Å². The molecule has 124 valence electrons. The van der Waals surface area contributed by atoms with Crippen molar-refractivity contribution in [1.82, 2.24) is 15.6 Å². The van der Waals surface area contributed by atoms with Gasteiger partial charge in [-0.3, -0.25) is 4.98 Å². The second-order valence-corrected chi connectivity index (χ2v) is 6.50. The lowest BCUT2D eigenvalue weighted by molar-refractivity contribution is 0.0475. The van der Waals surface area contributed by atoms with Crippen molar-refractivity contribution >= 4 is 6.03 Å². The van der Waals surface area contributed by atoms with Crippen LogP contribution in [0.3, 0.4) is 0 Å². The average Bonchev–Trinajstić information content (AvgIpc) is 2.50. The van der Waals surface area contributed by atoms with Crippen LogP contribution in [0.4, 0.5) is 4.79 Å². The van der Waals surface area contributed by atoms with Gasteiger partial charge in [0.2, 0.25) is 0 Å². The van der Waals surface area contributed by atoms with Crippen LogP contribution < -0.4 is 10.6 Å². The van der Waals surface area contributed by atoms with Crippen molar-refractivity contribution in [2.45, 2.75) is 58.6 Å². The minimum absolute atomic E-state index is 0.0522. The zero-order valence-corrected chi connectivity index (χ0v) is 14.1. The molecular weight excluding hydrogens is 278 g/mol. The molecule has 0 bridgehead atoms. The van der Waals surface area contributed by atoms with E-state index in [1.165, 1.54) is 0 Å². The fourth-order valence-corrected chi connectivity index (χ4v) is 2.18. The van der Waals surface area contributed by atoms with Gasteiger partial charge in [0.25, 0.3) is 0 Å². The Balaban J connectivity index is 2.45.